The SMILES string of the molecule is CC(C)(C)OC(=O)N1CC(C(O)C(F)(F)F)OCC1Cc1ccc(Cl)cc1. The Hall–Kier alpha value is -1.51. The Morgan fingerprint density at radius 2 is 1.93 bits per heavy atom. The number of amides is 1. The second-order valence-electron chi connectivity index (χ2n) is 7.48. The molecule has 152 valence electrons. The number of hydrogen-bond donors (Lipinski definition) is 1. The minimum absolute atomic E-state index is 0.153. The van der Waals surface area contributed by atoms with Gasteiger partial charge in [-0.15, -0.1) is 0 Å². The molecule has 1 aromatic carbocycles. The van der Waals surface area contributed by atoms with E-state index >= 15 is 0 Å². The molecule has 9 heteroatoms. The monoisotopic (exact) mass is 409 g/mol. The van der Waals surface area contributed by atoms with Gasteiger partial charge in [-0.3, -0.25) is 4.90 Å². The lowest BCUT2D eigenvalue weighted by Crippen LogP contribution is -2.59. The van der Waals surface area contributed by atoms with Crippen molar-refractivity contribution in [2.75, 3.05) is 13.2 Å². The summed E-state index contributed by atoms with van der Waals surface area (Å²) in [6.45, 7) is 4.43. The van der Waals surface area contributed by atoms with Gasteiger partial charge in [0.2, 0.25) is 0 Å². The molecule has 0 radical (unpaired) electrons. The van der Waals surface area contributed by atoms with Crippen LogP contribution in [0.5, 0.6) is 0 Å². The normalized spacial score (nSPS) is 22.4. The largest absolute Gasteiger partial charge is 0.444 e. The first-order valence-electron chi connectivity index (χ1n) is 8.47. The van der Waals surface area contributed by atoms with Crippen molar-refractivity contribution in [3.8, 4) is 0 Å². The van der Waals surface area contributed by atoms with Crippen LogP contribution in [0.15, 0.2) is 24.3 Å². The van der Waals surface area contributed by atoms with Crippen LogP contribution < -0.4 is 0 Å². The molecular weight excluding hydrogens is 387 g/mol. The van der Waals surface area contributed by atoms with Crippen LogP contribution in [0.3, 0.4) is 0 Å². The molecule has 1 aromatic rings. The summed E-state index contributed by atoms with van der Waals surface area (Å²) in [4.78, 5) is 13.7. The van der Waals surface area contributed by atoms with Gasteiger partial charge in [0.25, 0.3) is 0 Å². The molecule has 1 amide bonds. The van der Waals surface area contributed by atoms with Gasteiger partial charge in [0.05, 0.1) is 19.2 Å². The van der Waals surface area contributed by atoms with Gasteiger partial charge in [-0.05, 0) is 44.9 Å². The first-order chi connectivity index (χ1) is 12.4. The number of alkyl halides is 3. The zero-order valence-electron chi connectivity index (χ0n) is 15.3. The summed E-state index contributed by atoms with van der Waals surface area (Å²) in [5.41, 5.74) is 0.0367. The quantitative estimate of drug-likeness (QED) is 0.824. The van der Waals surface area contributed by atoms with Crippen LogP contribution >= 0.6 is 11.6 Å². The Bertz CT molecular complexity index is 645. The van der Waals surface area contributed by atoms with Crippen molar-refractivity contribution in [1.82, 2.24) is 4.90 Å². The number of carbonyl (C=O) groups excluding carboxylic acids is 1. The number of aliphatic hydroxyl groups is 1. The number of benzene rings is 1. The molecule has 1 heterocycles. The maximum absolute atomic E-state index is 12.8. The van der Waals surface area contributed by atoms with Crippen molar-refractivity contribution >= 4 is 17.7 Å². The van der Waals surface area contributed by atoms with E-state index in [2.05, 4.69) is 0 Å². The van der Waals surface area contributed by atoms with E-state index in [4.69, 9.17) is 21.1 Å². The summed E-state index contributed by atoms with van der Waals surface area (Å²) in [5.74, 6) is 0. The van der Waals surface area contributed by atoms with Crippen molar-refractivity contribution < 1.29 is 32.5 Å². The fraction of sp³-hybridized carbons (Fsp3) is 0.611. The molecule has 0 spiro atoms. The zero-order chi connectivity index (χ0) is 20.4. The van der Waals surface area contributed by atoms with Crippen LogP contribution in [0.4, 0.5) is 18.0 Å². The van der Waals surface area contributed by atoms with Crippen molar-refractivity contribution in [1.29, 1.82) is 0 Å². The minimum Gasteiger partial charge on any atom is -0.444 e. The third kappa shape index (κ3) is 6.26. The van der Waals surface area contributed by atoms with Gasteiger partial charge < -0.3 is 14.6 Å². The standard InChI is InChI=1S/C18H23ClF3NO4/c1-17(2,3)27-16(25)23-9-14(15(24)18(20,21)22)26-10-13(23)8-11-4-6-12(19)7-5-11/h4-7,13-15,24H,8-10H2,1-3H3. The molecule has 0 bridgehead atoms. The van der Waals surface area contributed by atoms with Gasteiger partial charge in [-0.1, -0.05) is 23.7 Å². The fourth-order valence-electron chi connectivity index (χ4n) is 2.73. The van der Waals surface area contributed by atoms with Crippen LogP contribution in [-0.2, 0) is 15.9 Å². The molecule has 1 fully saturated rings. The molecule has 3 atom stereocenters. The smallest absolute Gasteiger partial charge is 0.416 e. The Morgan fingerprint density at radius 3 is 2.44 bits per heavy atom. The summed E-state index contributed by atoms with van der Waals surface area (Å²) < 4.78 is 49.1. The second-order valence-corrected chi connectivity index (χ2v) is 7.91. The number of rotatable bonds is 3. The summed E-state index contributed by atoms with van der Waals surface area (Å²) >= 11 is 5.86. The highest BCUT2D eigenvalue weighted by atomic mass is 35.5. The lowest BCUT2D eigenvalue weighted by atomic mass is 10.0. The highest BCUT2D eigenvalue weighted by molar-refractivity contribution is 6.30. The van der Waals surface area contributed by atoms with E-state index in [-0.39, 0.29) is 6.61 Å². The number of aliphatic hydroxyl groups excluding tert-OH is 1. The second kappa shape index (κ2) is 8.24. The first-order valence-corrected chi connectivity index (χ1v) is 8.85. The molecule has 1 aliphatic heterocycles. The highest BCUT2D eigenvalue weighted by Crippen LogP contribution is 2.28. The molecule has 0 saturated carbocycles. The van der Waals surface area contributed by atoms with E-state index in [1.165, 1.54) is 4.90 Å². The van der Waals surface area contributed by atoms with E-state index in [9.17, 15) is 23.1 Å². The van der Waals surface area contributed by atoms with Gasteiger partial charge in [-0.2, -0.15) is 13.2 Å². The number of halogens is 4. The average molecular weight is 410 g/mol. The molecule has 3 unspecified atom stereocenters. The summed E-state index contributed by atoms with van der Waals surface area (Å²) in [5, 5.41) is 10.1. The molecular formula is C18H23ClF3NO4. The van der Waals surface area contributed by atoms with Crippen LogP contribution in [0.25, 0.3) is 0 Å². The fourth-order valence-corrected chi connectivity index (χ4v) is 2.85. The maximum Gasteiger partial charge on any atom is 0.416 e. The summed E-state index contributed by atoms with van der Waals surface area (Å²) in [6, 6.07) is 6.39. The highest BCUT2D eigenvalue weighted by Gasteiger charge is 2.48. The molecule has 0 aliphatic carbocycles. The lowest BCUT2D eigenvalue weighted by molar-refractivity contribution is -0.247. The Kier molecular flexibility index (Phi) is 6.65. The average Bonchev–Trinajstić information content (AvgIpc) is 2.54. The van der Waals surface area contributed by atoms with Crippen molar-refractivity contribution in [3.05, 3.63) is 34.9 Å². The van der Waals surface area contributed by atoms with Gasteiger partial charge in [-0.25, -0.2) is 4.79 Å². The van der Waals surface area contributed by atoms with E-state index < -0.39 is 42.7 Å². The van der Waals surface area contributed by atoms with Crippen LogP contribution in [-0.4, -0.2) is 59.3 Å². The van der Waals surface area contributed by atoms with Crippen molar-refractivity contribution in [2.45, 2.75) is 57.2 Å². The third-order valence-electron chi connectivity index (χ3n) is 4.02. The van der Waals surface area contributed by atoms with Gasteiger partial charge >= 0.3 is 12.3 Å². The Balaban J connectivity index is 2.19. The predicted molar refractivity (Wildman–Crippen MR) is 93.7 cm³/mol. The van der Waals surface area contributed by atoms with Gasteiger partial charge in [0.15, 0.2) is 6.10 Å². The third-order valence-corrected chi connectivity index (χ3v) is 4.27. The topological polar surface area (TPSA) is 59.0 Å². The Morgan fingerprint density at radius 1 is 1.33 bits per heavy atom. The number of nitrogens with zero attached hydrogens (tertiary/aromatic N) is 1. The van der Waals surface area contributed by atoms with Crippen LogP contribution in [0.1, 0.15) is 26.3 Å². The summed E-state index contributed by atoms with van der Waals surface area (Å²) in [7, 11) is 0. The van der Waals surface area contributed by atoms with Crippen LogP contribution in [0, 0.1) is 0 Å². The van der Waals surface area contributed by atoms with Gasteiger partial charge in [0, 0.05) is 5.02 Å². The van der Waals surface area contributed by atoms with Gasteiger partial charge in [0.1, 0.15) is 11.7 Å². The molecule has 27 heavy (non-hydrogen) atoms. The molecule has 1 aliphatic rings. The number of morpholine rings is 1. The first kappa shape index (κ1) is 21.8. The molecule has 5 nitrogen and oxygen atoms in total. The predicted octanol–water partition coefficient (Wildman–Crippen LogP) is 3.81. The van der Waals surface area contributed by atoms with E-state index in [1.807, 2.05) is 0 Å². The van der Waals surface area contributed by atoms with E-state index in [0.717, 1.165) is 5.56 Å². The maximum atomic E-state index is 12.8. The van der Waals surface area contributed by atoms with Crippen molar-refractivity contribution in [2.24, 2.45) is 0 Å². The number of hydrogen-bond acceptors (Lipinski definition) is 4. The summed E-state index contributed by atoms with van der Waals surface area (Å²) in [6.07, 6.45) is -9.49. The molecule has 2 rings (SSSR count). The Labute approximate surface area is 161 Å². The number of carbonyl (C=O) groups is 1. The van der Waals surface area contributed by atoms with Crippen molar-refractivity contribution in [3.63, 3.8) is 0 Å². The molecule has 1 saturated heterocycles. The molecule has 0 aromatic heterocycles. The lowest BCUT2D eigenvalue weighted by Gasteiger charge is -2.41. The van der Waals surface area contributed by atoms with E-state index in [0.29, 0.717) is 11.4 Å². The van der Waals surface area contributed by atoms with E-state index in [1.54, 1.807) is 45.0 Å². The van der Waals surface area contributed by atoms with Crippen LogP contribution in [0.2, 0.25) is 5.02 Å². The number of ether oxygens (including phenoxy) is 2. The minimum atomic E-state index is -4.84. The molecule has 1 N–H and O–H groups in total. The zero-order valence-corrected chi connectivity index (χ0v) is 16.0.